The molecule has 1 aliphatic carbocycles. The number of rotatable bonds is 3. The summed E-state index contributed by atoms with van der Waals surface area (Å²) >= 11 is 0. The van der Waals surface area contributed by atoms with Crippen LogP contribution in [0.25, 0.3) is 0 Å². The van der Waals surface area contributed by atoms with Crippen LogP contribution in [0.4, 0.5) is 0 Å². The van der Waals surface area contributed by atoms with Crippen molar-refractivity contribution in [1.82, 2.24) is 9.97 Å². The van der Waals surface area contributed by atoms with E-state index >= 15 is 0 Å². The first-order valence-corrected chi connectivity index (χ1v) is 5.86. The number of nitrogens with one attached hydrogen (secondary N) is 1. The summed E-state index contributed by atoms with van der Waals surface area (Å²) in [5.74, 6) is 0.222. The minimum absolute atomic E-state index is 0.128. The fourth-order valence-corrected chi connectivity index (χ4v) is 1.85. The number of hydrogen-bond donors (Lipinski definition) is 2. The number of nitrogens with zero attached hydrogens (tertiary/aromatic N) is 1. The number of carbonyl (C=O) groups excluding carboxylic acids is 1. The number of esters is 1. The standard InChI is InChI=1S/C12H19N3O2/c1-11(2,3)17-10(16)12(13,8-4-5-8)9-14-6-7-15-9/h6-8H,4-5,13H2,1-3H3,(H,14,15). The second-order valence-corrected chi connectivity index (χ2v) is 5.58. The second-order valence-electron chi connectivity index (χ2n) is 5.58. The van der Waals surface area contributed by atoms with Crippen LogP contribution in [0.15, 0.2) is 12.4 Å². The average molecular weight is 237 g/mol. The number of aromatic nitrogens is 2. The number of carbonyl (C=O) groups is 1. The van der Waals surface area contributed by atoms with Crippen LogP contribution in [0.1, 0.15) is 39.4 Å². The predicted octanol–water partition coefficient (Wildman–Crippen LogP) is 1.32. The van der Waals surface area contributed by atoms with Gasteiger partial charge < -0.3 is 15.5 Å². The van der Waals surface area contributed by atoms with E-state index in [4.69, 9.17) is 10.5 Å². The molecule has 0 saturated heterocycles. The number of aromatic amines is 1. The van der Waals surface area contributed by atoms with E-state index in [2.05, 4.69) is 9.97 Å². The third kappa shape index (κ3) is 2.34. The lowest BCUT2D eigenvalue weighted by Gasteiger charge is -2.29. The third-order valence-electron chi connectivity index (χ3n) is 2.85. The van der Waals surface area contributed by atoms with Gasteiger partial charge in [0.25, 0.3) is 0 Å². The number of H-pyrrole nitrogens is 1. The zero-order valence-corrected chi connectivity index (χ0v) is 10.5. The molecule has 0 aliphatic heterocycles. The van der Waals surface area contributed by atoms with E-state index in [1.807, 2.05) is 20.8 Å². The van der Waals surface area contributed by atoms with E-state index in [1.54, 1.807) is 12.4 Å². The second kappa shape index (κ2) is 3.84. The Morgan fingerprint density at radius 1 is 1.53 bits per heavy atom. The summed E-state index contributed by atoms with van der Waals surface area (Å²) in [7, 11) is 0. The van der Waals surface area contributed by atoms with Crippen LogP contribution in [0.2, 0.25) is 0 Å². The quantitative estimate of drug-likeness (QED) is 0.777. The van der Waals surface area contributed by atoms with Crippen LogP contribution in [-0.2, 0) is 15.1 Å². The van der Waals surface area contributed by atoms with Crippen molar-refractivity contribution in [2.45, 2.75) is 44.8 Å². The zero-order chi connectivity index (χ0) is 12.7. The Morgan fingerprint density at radius 2 is 2.18 bits per heavy atom. The van der Waals surface area contributed by atoms with E-state index in [-0.39, 0.29) is 5.92 Å². The van der Waals surface area contributed by atoms with Gasteiger partial charge in [-0.05, 0) is 39.5 Å². The lowest BCUT2D eigenvalue weighted by molar-refractivity contribution is -0.163. The molecule has 5 heteroatoms. The Hall–Kier alpha value is -1.36. The van der Waals surface area contributed by atoms with Gasteiger partial charge in [-0.15, -0.1) is 0 Å². The van der Waals surface area contributed by atoms with Crippen molar-refractivity contribution in [2.75, 3.05) is 0 Å². The first kappa shape index (κ1) is 12.1. The van der Waals surface area contributed by atoms with Crippen molar-refractivity contribution in [2.24, 2.45) is 11.7 Å². The van der Waals surface area contributed by atoms with Crippen LogP contribution >= 0.6 is 0 Å². The van der Waals surface area contributed by atoms with Gasteiger partial charge in [0.15, 0.2) is 5.54 Å². The maximum absolute atomic E-state index is 12.3. The summed E-state index contributed by atoms with van der Waals surface area (Å²) in [6, 6.07) is 0. The van der Waals surface area contributed by atoms with Crippen molar-refractivity contribution >= 4 is 5.97 Å². The summed E-state index contributed by atoms with van der Waals surface area (Å²) in [6.07, 6.45) is 5.15. The molecule has 1 atom stereocenters. The molecule has 94 valence electrons. The highest BCUT2D eigenvalue weighted by molar-refractivity contribution is 5.82. The topological polar surface area (TPSA) is 81.0 Å². The van der Waals surface area contributed by atoms with Gasteiger partial charge in [-0.3, -0.25) is 0 Å². The SMILES string of the molecule is CC(C)(C)OC(=O)C(N)(c1ncc[nH]1)C1CC1. The lowest BCUT2D eigenvalue weighted by atomic mass is 9.93. The van der Waals surface area contributed by atoms with Crippen molar-refractivity contribution in [1.29, 1.82) is 0 Å². The largest absolute Gasteiger partial charge is 0.458 e. The minimum atomic E-state index is -1.13. The molecule has 0 amide bonds. The molecule has 1 aromatic rings. The normalized spacial score (nSPS) is 19.8. The number of ether oxygens (including phenoxy) is 1. The molecule has 0 bridgehead atoms. The molecule has 1 aromatic heterocycles. The van der Waals surface area contributed by atoms with Crippen molar-refractivity contribution in [3.05, 3.63) is 18.2 Å². The maximum Gasteiger partial charge on any atom is 0.334 e. The molecule has 3 N–H and O–H groups in total. The predicted molar refractivity (Wildman–Crippen MR) is 63.0 cm³/mol. The van der Waals surface area contributed by atoms with Crippen LogP contribution in [0.5, 0.6) is 0 Å². The summed E-state index contributed by atoms with van der Waals surface area (Å²) in [4.78, 5) is 19.3. The number of nitrogens with two attached hydrogens (primary N) is 1. The smallest absolute Gasteiger partial charge is 0.334 e. The first-order chi connectivity index (χ1) is 7.84. The molecular weight excluding hydrogens is 218 g/mol. The van der Waals surface area contributed by atoms with Gasteiger partial charge in [-0.2, -0.15) is 0 Å². The molecule has 0 radical (unpaired) electrons. The van der Waals surface area contributed by atoms with Gasteiger partial charge in [0.05, 0.1) is 0 Å². The molecule has 17 heavy (non-hydrogen) atoms. The minimum Gasteiger partial charge on any atom is -0.458 e. The molecule has 1 saturated carbocycles. The zero-order valence-electron chi connectivity index (χ0n) is 10.5. The fourth-order valence-electron chi connectivity index (χ4n) is 1.85. The average Bonchev–Trinajstić information content (AvgIpc) is 2.90. The number of hydrogen-bond acceptors (Lipinski definition) is 4. The van der Waals surface area contributed by atoms with E-state index in [0.29, 0.717) is 5.82 Å². The Bertz CT molecular complexity index is 404. The van der Waals surface area contributed by atoms with Gasteiger partial charge in [0.1, 0.15) is 11.4 Å². The molecular formula is C12H19N3O2. The molecule has 0 spiro atoms. The molecule has 2 rings (SSSR count). The monoisotopic (exact) mass is 237 g/mol. The number of imidazole rings is 1. The van der Waals surface area contributed by atoms with Gasteiger partial charge in [-0.25, -0.2) is 9.78 Å². The Labute approximate surface area is 101 Å². The highest BCUT2D eigenvalue weighted by atomic mass is 16.6. The van der Waals surface area contributed by atoms with Crippen molar-refractivity contribution in [3.8, 4) is 0 Å². The van der Waals surface area contributed by atoms with Crippen LogP contribution in [0, 0.1) is 5.92 Å². The molecule has 5 nitrogen and oxygen atoms in total. The molecule has 1 aliphatic rings. The maximum atomic E-state index is 12.3. The summed E-state index contributed by atoms with van der Waals surface area (Å²) in [6.45, 7) is 5.50. The summed E-state index contributed by atoms with van der Waals surface area (Å²) < 4.78 is 5.40. The summed E-state index contributed by atoms with van der Waals surface area (Å²) in [5, 5.41) is 0. The van der Waals surface area contributed by atoms with E-state index in [1.165, 1.54) is 0 Å². The highest BCUT2D eigenvalue weighted by Gasteiger charge is 2.53. The highest BCUT2D eigenvalue weighted by Crippen LogP contribution is 2.44. The van der Waals surface area contributed by atoms with Gasteiger partial charge in [0.2, 0.25) is 0 Å². The van der Waals surface area contributed by atoms with Crippen LogP contribution in [0.3, 0.4) is 0 Å². The van der Waals surface area contributed by atoms with E-state index < -0.39 is 17.1 Å². The van der Waals surface area contributed by atoms with Gasteiger partial charge in [-0.1, -0.05) is 0 Å². The Morgan fingerprint density at radius 3 is 2.59 bits per heavy atom. The molecule has 1 heterocycles. The van der Waals surface area contributed by atoms with E-state index in [0.717, 1.165) is 12.8 Å². The van der Waals surface area contributed by atoms with Crippen LogP contribution in [-0.4, -0.2) is 21.5 Å². The molecule has 1 fully saturated rings. The third-order valence-corrected chi connectivity index (χ3v) is 2.85. The molecule has 1 unspecified atom stereocenters. The lowest BCUT2D eigenvalue weighted by Crippen LogP contribution is -2.51. The first-order valence-electron chi connectivity index (χ1n) is 5.86. The van der Waals surface area contributed by atoms with Crippen molar-refractivity contribution < 1.29 is 9.53 Å². The van der Waals surface area contributed by atoms with Crippen LogP contribution < -0.4 is 5.73 Å². The van der Waals surface area contributed by atoms with Gasteiger partial charge >= 0.3 is 5.97 Å². The summed E-state index contributed by atoms with van der Waals surface area (Å²) in [5.41, 5.74) is 4.58. The Kier molecular flexibility index (Phi) is 2.73. The molecule has 0 aromatic carbocycles. The van der Waals surface area contributed by atoms with E-state index in [9.17, 15) is 4.79 Å². The van der Waals surface area contributed by atoms with Gasteiger partial charge in [0, 0.05) is 12.4 Å². The Balaban J connectivity index is 2.26. The fraction of sp³-hybridized carbons (Fsp3) is 0.667. The van der Waals surface area contributed by atoms with Crippen molar-refractivity contribution in [3.63, 3.8) is 0 Å².